The van der Waals surface area contributed by atoms with Crippen molar-refractivity contribution < 1.29 is 9.15 Å². The lowest BCUT2D eigenvalue weighted by Crippen LogP contribution is -2.25. The highest BCUT2D eigenvalue weighted by atomic mass is 32.2. The maximum absolute atomic E-state index is 13.2. The molecule has 2 aromatic carbocycles. The van der Waals surface area contributed by atoms with Gasteiger partial charge >= 0.3 is 0 Å². The summed E-state index contributed by atoms with van der Waals surface area (Å²) < 4.78 is 13.5. The van der Waals surface area contributed by atoms with Gasteiger partial charge in [0, 0.05) is 29.4 Å². The molecule has 0 radical (unpaired) electrons. The molecule has 0 amide bonds. The minimum atomic E-state index is -0.323. The van der Waals surface area contributed by atoms with E-state index in [9.17, 15) is 4.79 Å². The number of rotatable bonds is 5. The smallest absolute Gasteiger partial charge is 0.252 e. The van der Waals surface area contributed by atoms with Crippen LogP contribution in [0.15, 0.2) is 68.8 Å². The first kappa shape index (κ1) is 20.6. The Balaban J connectivity index is 1.53. The molecule has 1 aliphatic rings. The van der Waals surface area contributed by atoms with Crippen molar-refractivity contribution in [2.24, 2.45) is 0 Å². The molecule has 0 aliphatic carbocycles. The SMILES string of the molecule is COc1c(Cc2cccc(C)c2C)cc(=O)n2c1SC[C@H]2c1nnc(-c2ccccc2)o1. The molecule has 3 heterocycles. The van der Waals surface area contributed by atoms with E-state index in [2.05, 4.69) is 42.2 Å². The first-order valence-electron chi connectivity index (χ1n) is 10.5. The third-order valence-electron chi connectivity index (χ3n) is 5.98. The van der Waals surface area contributed by atoms with Crippen molar-refractivity contribution >= 4 is 11.8 Å². The molecule has 2 aromatic heterocycles. The van der Waals surface area contributed by atoms with Crippen LogP contribution >= 0.6 is 11.8 Å². The summed E-state index contributed by atoms with van der Waals surface area (Å²) in [6, 6.07) is 17.2. The van der Waals surface area contributed by atoms with Crippen molar-refractivity contribution in [3.8, 4) is 17.2 Å². The molecule has 0 spiro atoms. The van der Waals surface area contributed by atoms with Crippen LogP contribution in [0.5, 0.6) is 5.75 Å². The van der Waals surface area contributed by atoms with E-state index in [-0.39, 0.29) is 11.6 Å². The second-order valence-electron chi connectivity index (χ2n) is 7.89. The van der Waals surface area contributed by atoms with Gasteiger partial charge in [-0.1, -0.05) is 36.4 Å². The van der Waals surface area contributed by atoms with Crippen molar-refractivity contribution in [2.45, 2.75) is 31.3 Å². The van der Waals surface area contributed by atoms with Gasteiger partial charge in [0.05, 0.1) is 7.11 Å². The van der Waals surface area contributed by atoms with Crippen molar-refractivity contribution in [3.05, 3.63) is 93.1 Å². The Morgan fingerprint density at radius 3 is 2.69 bits per heavy atom. The second-order valence-corrected chi connectivity index (χ2v) is 8.90. The molecule has 162 valence electrons. The Labute approximate surface area is 190 Å². The molecule has 0 N–H and O–H groups in total. The largest absolute Gasteiger partial charge is 0.494 e. The summed E-state index contributed by atoms with van der Waals surface area (Å²) in [5.41, 5.74) is 5.32. The highest BCUT2D eigenvalue weighted by molar-refractivity contribution is 7.99. The van der Waals surface area contributed by atoms with Crippen molar-refractivity contribution in [3.63, 3.8) is 0 Å². The van der Waals surface area contributed by atoms with Gasteiger partial charge in [-0.25, -0.2) is 0 Å². The van der Waals surface area contributed by atoms with Gasteiger partial charge < -0.3 is 9.15 Å². The monoisotopic (exact) mass is 445 g/mol. The number of pyridine rings is 1. The number of methoxy groups -OCH3 is 1. The van der Waals surface area contributed by atoms with E-state index in [4.69, 9.17) is 9.15 Å². The number of aryl methyl sites for hydroxylation is 1. The number of nitrogens with zero attached hydrogens (tertiary/aromatic N) is 3. The fourth-order valence-electron chi connectivity index (χ4n) is 4.10. The van der Waals surface area contributed by atoms with Gasteiger partial charge in [0.2, 0.25) is 11.8 Å². The van der Waals surface area contributed by atoms with E-state index in [0.717, 1.165) is 21.9 Å². The topological polar surface area (TPSA) is 70.2 Å². The quantitative estimate of drug-likeness (QED) is 0.439. The van der Waals surface area contributed by atoms with E-state index in [0.29, 0.717) is 24.0 Å². The number of benzene rings is 2. The third kappa shape index (κ3) is 3.52. The van der Waals surface area contributed by atoms with Gasteiger partial charge in [-0.2, -0.15) is 0 Å². The van der Waals surface area contributed by atoms with E-state index in [1.807, 2.05) is 30.3 Å². The van der Waals surface area contributed by atoms with E-state index in [1.165, 1.54) is 16.7 Å². The first-order chi connectivity index (χ1) is 15.6. The lowest BCUT2D eigenvalue weighted by Gasteiger charge is -2.16. The summed E-state index contributed by atoms with van der Waals surface area (Å²) in [4.78, 5) is 13.2. The van der Waals surface area contributed by atoms with Crippen LogP contribution in [-0.2, 0) is 6.42 Å². The Bertz CT molecular complexity index is 1340. The first-order valence-corrected chi connectivity index (χ1v) is 11.4. The van der Waals surface area contributed by atoms with Crippen LogP contribution in [0, 0.1) is 13.8 Å². The molecule has 7 heteroatoms. The van der Waals surface area contributed by atoms with Crippen LogP contribution in [0.2, 0.25) is 0 Å². The van der Waals surface area contributed by atoms with Crippen molar-refractivity contribution in [1.82, 2.24) is 14.8 Å². The summed E-state index contributed by atoms with van der Waals surface area (Å²) in [5.74, 6) is 2.25. The zero-order valence-electron chi connectivity index (χ0n) is 18.2. The fraction of sp³-hybridized carbons (Fsp3) is 0.240. The van der Waals surface area contributed by atoms with E-state index >= 15 is 0 Å². The van der Waals surface area contributed by atoms with Gasteiger partial charge in [-0.3, -0.25) is 9.36 Å². The number of ether oxygens (including phenoxy) is 1. The van der Waals surface area contributed by atoms with Crippen LogP contribution in [0.1, 0.15) is 34.2 Å². The van der Waals surface area contributed by atoms with Gasteiger partial charge in [0.25, 0.3) is 5.56 Å². The van der Waals surface area contributed by atoms with Crippen LogP contribution in [0.3, 0.4) is 0 Å². The Morgan fingerprint density at radius 2 is 1.91 bits per heavy atom. The summed E-state index contributed by atoms with van der Waals surface area (Å²) in [5, 5.41) is 9.26. The minimum Gasteiger partial charge on any atom is -0.494 e. The van der Waals surface area contributed by atoms with Crippen molar-refractivity contribution in [1.29, 1.82) is 0 Å². The molecule has 4 aromatic rings. The lowest BCUT2D eigenvalue weighted by atomic mass is 9.97. The Kier molecular flexibility index (Phi) is 5.35. The van der Waals surface area contributed by atoms with Crippen molar-refractivity contribution in [2.75, 3.05) is 12.9 Å². The maximum atomic E-state index is 13.2. The minimum absolute atomic E-state index is 0.0874. The van der Waals surface area contributed by atoms with Gasteiger partial charge in [-0.15, -0.1) is 22.0 Å². The summed E-state index contributed by atoms with van der Waals surface area (Å²) in [7, 11) is 1.65. The molecule has 0 bridgehead atoms. The average molecular weight is 446 g/mol. The molecule has 32 heavy (non-hydrogen) atoms. The maximum Gasteiger partial charge on any atom is 0.252 e. The summed E-state index contributed by atoms with van der Waals surface area (Å²) in [6.07, 6.45) is 0.643. The van der Waals surface area contributed by atoms with E-state index in [1.54, 1.807) is 29.5 Å². The molecule has 0 saturated heterocycles. The highest BCUT2D eigenvalue weighted by Crippen LogP contribution is 2.42. The normalized spacial score (nSPS) is 15.0. The number of fused-ring (bicyclic) bond motifs is 1. The Hall–Kier alpha value is -3.32. The number of thioether (sulfide) groups is 1. The van der Waals surface area contributed by atoms with Crippen LogP contribution in [0.25, 0.3) is 11.5 Å². The predicted molar refractivity (Wildman–Crippen MR) is 125 cm³/mol. The molecule has 1 atom stereocenters. The molecular formula is C25H23N3O3S. The number of hydrogen-bond acceptors (Lipinski definition) is 6. The van der Waals surface area contributed by atoms with Crippen LogP contribution in [-0.4, -0.2) is 27.6 Å². The molecular weight excluding hydrogens is 422 g/mol. The molecule has 0 saturated carbocycles. The summed E-state index contributed by atoms with van der Waals surface area (Å²) >= 11 is 1.58. The van der Waals surface area contributed by atoms with Gasteiger partial charge in [0.15, 0.2) is 5.75 Å². The standard InChI is InChI=1S/C25H23N3O3S/c1-15-8-7-11-18(16(15)2)12-19-13-21(29)28-20(14-32-25(28)22(19)30-3)24-27-26-23(31-24)17-9-5-4-6-10-17/h4-11,13,20H,12,14H2,1-3H3/t20-/m0/s1. The molecule has 0 unspecified atom stereocenters. The zero-order valence-corrected chi connectivity index (χ0v) is 19.0. The van der Waals surface area contributed by atoms with Gasteiger partial charge in [0.1, 0.15) is 11.1 Å². The Morgan fingerprint density at radius 1 is 1.09 bits per heavy atom. The highest BCUT2D eigenvalue weighted by Gasteiger charge is 2.33. The van der Waals surface area contributed by atoms with Crippen LogP contribution < -0.4 is 10.3 Å². The average Bonchev–Trinajstić information content (AvgIpc) is 3.46. The lowest BCUT2D eigenvalue weighted by molar-refractivity contribution is 0.375. The second kappa shape index (κ2) is 8.31. The molecule has 0 fully saturated rings. The van der Waals surface area contributed by atoms with Crippen LogP contribution in [0.4, 0.5) is 0 Å². The molecule has 5 rings (SSSR count). The van der Waals surface area contributed by atoms with E-state index < -0.39 is 0 Å². The fourth-order valence-corrected chi connectivity index (χ4v) is 5.41. The summed E-state index contributed by atoms with van der Waals surface area (Å²) in [6.45, 7) is 4.21. The van der Waals surface area contributed by atoms with Gasteiger partial charge in [-0.05, 0) is 42.7 Å². The predicted octanol–water partition coefficient (Wildman–Crippen LogP) is 4.81. The molecule has 1 aliphatic heterocycles. The zero-order chi connectivity index (χ0) is 22.2. The molecule has 6 nitrogen and oxygen atoms in total. The number of aromatic nitrogens is 3. The third-order valence-corrected chi connectivity index (χ3v) is 7.12. The number of hydrogen-bond donors (Lipinski definition) is 0.